The summed E-state index contributed by atoms with van der Waals surface area (Å²) in [4.78, 5) is 12.9. The van der Waals surface area contributed by atoms with E-state index >= 15 is 0 Å². The highest BCUT2D eigenvalue weighted by molar-refractivity contribution is 8.00. The second-order valence-electron chi connectivity index (χ2n) is 4.22. The zero-order chi connectivity index (χ0) is 14.3. The average molecular weight is 296 g/mol. The number of thioether (sulfide) groups is 1. The van der Waals surface area contributed by atoms with Gasteiger partial charge in [-0.05, 0) is 37.1 Å². The lowest BCUT2D eigenvalue weighted by molar-refractivity contribution is -0.119. The molecule has 0 atom stereocenters. The van der Waals surface area contributed by atoms with Crippen LogP contribution in [0.3, 0.4) is 0 Å². The van der Waals surface area contributed by atoms with Gasteiger partial charge in [-0.2, -0.15) is 0 Å². The zero-order valence-electron chi connectivity index (χ0n) is 11.2. The molecule has 0 saturated heterocycles. The van der Waals surface area contributed by atoms with Gasteiger partial charge in [0.2, 0.25) is 5.91 Å². The third kappa shape index (κ3) is 4.81. The summed E-state index contributed by atoms with van der Waals surface area (Å²) in [6, 6.07) is 7.42. The smallest absolute Gasteiger partial charge is 0.231 e. The first-order valence-corrected chi connectivity index (χ1v) is 7.58. The standard InChI is InChI=1S/C15H18ClNOS/c1-4-15(5-2,6-3)17-14(18)11-19-13-9-7-12(16)8-10-13/h1,7-10H,5-6,11H2,2-3H3,(H,17,18). The van der Waals surface area contributed by atoms with Gasteiger partial charge in [-0.3, -0.25) is 4.79 Å². The van der Waals surface area contributed by atoms with Gasteiger partial charge < -0.3 is 5.32 Å². The average Bonchev–Trinajstić information content (AvgIpc) is 2.44. The van der Waals surface area contributed by atoms with E-state index in [-0.39, 0.29) is 5.91 Å². The number of rotatable bonds is 6. The van der Waals surface area contributed by atoms with Crippen LogP contribution in [0.15, 0.2) is 29.2 Å². The van der Waals surface area contributed by atoms with Crippen molar-refractivity contribution >= 4 is 29.3 Å². The zero-order valence-corrected chi connectivity index (χ0v) is 12.8. The molecule has 0 saturated carbocycles. The number of halogens is 1. The van der Waals surface area contributed by atoms with E-state index in [2.05, 4.69) is 11.2 Å². The fourth-order valence-electron chi connectivity index (χ4n) is 1.65. The summed E-state index contributed by atoms with van der Waals surface area (Å²) < 4.78 is 0. The fourth-order valence-corrected chi connectivity index (χ4v) is 2.47. The summed E-state index contributed by atoms with van der Waals surface area (Å²) >= 11 is 7.28. The van der Waals surface area contributed by atoms with Crippen LogP contribution in [0, 0.1) is 12.3 Å². The van der Waals surface area contributed by atoms with Gasteiger partial charge in [0.1, 0.15) is 5.54 Å². The molecule has 1 aromatic carbocycles. The summed E-state index contributed by atoms with van der Waals surface area (Å²) in [5, 5.41) is 3.63. The Balaban J connectivity index is 2.52. The van der Waals surface area contributed by atoms with Gasteiger partial charge in [0.15, 0.2) is 0 Å². The van der Waals surface area contributed by atoms with E-state index in [1.54, 1.807) is 0 Å². The molecule has 1 rings (SSSR count). The molecule has 0 heterocycles. The fraction of sp³-hybridized carbons (Fsp3) is 0.400. The van der Waals surface area contributed by atoms with Crippen molar-refractivity contribution in [3.63, 3.8) is 0 Å². The summed E-state index contributed by atoms with van der Waals surface area (Å²) in [6.07, 6.45) is 6.98. The molecule has 19 heavy (non-hydrogen) atoms. The monoisotopic (exact) mass is 295 g/mol. The highest BCUT2D eigenvalue weighted by atomic mass is 35.5. The molecule has 1 N–H and O–H groups in total. The second-order valence-corrected chi connectivity index (χ2v) is 5.71. The molecule has 0 spiro atoms. The van der Waals surface area contributed by atoms with Crippen LogP contribution in [-0.4, -0.2) is 17.2 Å². The maximum absolute atomic E-state index is 11.9. The molecule has 2 nitrogen and oxygen atoms in total. The molecule has 0 aliphatic rings. The molecule has 1 aromatic rings. The molecule has 0 unspecified atom stereocenters. The van der Waals surface area contributed by atoms with Crippen LogP contribution in [0.2, 0.25) is 5.02 Å². The maximum atomic E-state index is 11.9. The van der Waals surface area contributed by atoms with Gasteiger partial charge in [-0.15, -0.1) is 18.2 Å². The van der Waals surface area contributed by atoms with Crippen molar-refractivity contribution in [2.24, 2.45) is 0 Å². The van der Waals surface area contributed by atoms with E-state index in [9.17, 15) is 4.79 Å². The first-order chi connectivity index (χ1) is 9.05. The van der Waals surface area contributed by atoms with Crippen LogP contribution < -0.4 is 5.32 Å². The summed E-state index contributed by atoms with van der Waals surface area (Å²) in [7, 11) is 0. The molecular weight excluding hydrogens is 278 g/mol. The van der Waals surface area contributed by atoms with E-state index in [0.29, 0.717) is 10.8 Å². The van der Waals surface area contributed by atoms with Crippen molar-refractivity contribution in [1.82, 2.24) is 5.32 Å². The van der Waals surface area contributed by atoms with Gasteiger partial charge >= 0.3 is 0 Å². The minimum atomic E-state index is -0.516. The second kappa shape index (κ2) is 7.47. The van der Waals surface area contributed by atoms with Gasteiger partial charge in [0, 0.05) is 9.92 Å². The molecule has 0 bridgehead atoms. The number of amides is 1. The minimum Gasteiger partial charge on any atom is -0.339 e. The Morgan fingerprint density at radius 2 is 1.95 bits per heavy atom. The van der Waals surface area contributed by atoms with Crippen LogP contribution in [-0.2, 0) is 4.79 Å². The maximum Gasteiger partial charge on any atom is 0.231 e. The Morgan fingerprint density at radius 3 is 2.42 bits per heavy atom. The Hall–Kier alpha value is -1.11. The van der Waals surface area contributed by atoms with Crippen LogP contribution >= 0.6 is 23.4 Å². The van der Waals surface area contributed by atoms with E-state index < -0.39 is 5.54 Å². The van der Waals surface area contributed by atoms with Crippen molar-refractivity contribution in [2.75, 3.05) is 5.75 Å². The number of hydrogen-bond acceptors (Lipinski definition) is 2. The molecule has 0 aliphatic heterocycles. The highest BCUT2D eigenvalue weighted by Crippen LogP contribution is 2.21. The molecule has 1 amide bonds. The molecule has 0 aromatic heterocycles. The van der Waals surface area contributed by atoms with Crippen LogP contribution in [0.1, 0.15) is 26.7 Å². The predicted octanol–water partition coefficient (Wildman–Crippen LogP) is 3.74. The third-order valence-corrected chi connectivity index (χ3v) is 4.31. The molecule has 102 valence electrons. The predicted molar refractivity (Wildman–Crippen MR) is 82.5 cm³/mol. The summed E-state index contributed by atoms with van der Waals surface area (Å²) in [6.45, 7) is 3.96. The van der Waals surface area contributed by atoms with Crippen molar-refractivity contribution in [3.05, 3.63) is 29.3 Å². The number of carbonyl (C=O) groups is 1. The number of benzene rings is 1. The highest BCUT2D eigenvalue weighted by Gasteiger charge is 2.24. The van der Waals surface area contributed by atoms with Gasteiger partial charge in [0.05, 0.1) is 5.75 Å². The lowest BCUT2D eigenvalue weighted by atomic mass is 9.94. The van der Waals surface area contributed by atoms with Crippen molar-refractivity contribution < 1.29 is 4.79 Å². The van der Waals surface area contributed by atoms with Gasteiger partial charge in [-0.1, -0.05) is 31.4 Å². The van der Waals surface area contributed by atoms with E-state index in [1.165, 1.54) is 11.8 Å². The molecule has 0 radical (unpaired) electrons. The number of hydrogen-bond donors (Lipinski definition) is 1. The topological polar surface area (TPSA) is 29.1 Å². The van der Waals surface area contributed by atoms with Gasteiger partial charge in [0.25, 0.3) is 0 Å². The number of carbonyl (C=O) groups excluding carboxylic acids is 1. The van der Waals surface area contributed by atoms with E-state index in [1.807, 2.05) is 38.1 Å². The molecule has 0 aliphatic carbocycles. The summed E-state index contributed by atoms with van der Waals surface area (Å²) in [5.41, 5.74) is -0.516. The first kappa shape index (κ1) is 15.9. The van der Waals surface area contributed by atoms with Crippen LogP contribution in [0.4, 0.5) is 0 Å². The minimum absolute atomic E-state index is 0.0402. The Morgan fingerprint density at radius 1 is 1.37 bits per heavy atom. The van der Waals surface area contributed by atoms with Crippen molar-refractivity contribution in [2.45, 2.75) is 37.1 Å². The van der Waals surface area contributed by atoms with E-state index in [0.717, 1.165) is 17.7 Å². The SMILES string of the molecule is C#CC(CC)(CC)NC(=O)CSc1ccc(Cl)cc1. The summed E-state index contributed by atoms with van der Waals surface area (Å²) in [5.74, 6) is 3.00. The molecule has 0 fully saturated rings. The third-order valence-electron chi connectivity index (χ3n) is 3.05. The van der Waals surface area contributed by atoms with Crippen molar-refractivity contribution in [1.29, 1.82) is 0 Å². The molecule has 4 heteroatoms. The lowest BCUT2D eigenvalue weighted by Gasteiger charge is -2.26. The number of nitrogens with one attached hydrogen (secondary N) is 1. The van der Waals surface area contributed by atoms with Crippen molar-refractivity contribution in [3.8, 4) is 12.3 Å². The first-order valence-electron chi connectivity index (χ1n) is 6.22. The molecular formula is C15H18ClNOS. The lowest BCUT2D eigenvalue weighted by Crippen LogP contribution is -2.47. The Kier molecular flexibility index (Phi) is 6.27. The largest absolute Gasteiger partial charge is 0.339 e. The van der Waals surface area contributed by atoms with Crippen LogP contribution in [0.25, 0.3) is 0 Å². The van der Waals surface area contributed by atoms with E-state index in [4.69, 9.17) is 18.0 Å². The van der Waals surface area contributed by atoms with Gasteiger partial charge in [-0.25, -0.2) is 0 Å². The van der Waals surface area contributed by atoms with Crippen LogP contribution in [0.5, 0.6) is 0 Å². The number of terminal acetylenes is 1. The quantitative estimate of drug-likeness (QED) is 0.640. The Labute approximate surface area is 124 Å². The normalized spacial score (nSPS) is 10.8. The Bertz CT molecular complexity index is 460.